The molecule has 0 spiro atoms. The summed E-state index contributed by atoms with van der Waals surface area (Å²) in [6.07, 6.45) is 17.8. The molecule has 0 aromatic carbocycles. The summed E-state index contributed by atoms with van der Waals surface area (Å²) in [5.41, 5.74) is 14.6. The minimum Gasteiger partial charge on any atom is -0.870 e. The van der Waals surface area contributed by atoms with Crippen LogP contribution in [0.1, 0.15) is 45.1 Å². The number of hydrogen-bond donors (Lipinski definition) is 1. The van der Waals surface area contributed by atoms with Crippen LogP contribution in [0.15, 0.2) is 119 Å². The second-order valence-corrected chi connectivity index (χ2v) is 18.2. The number of unbranched alkanes of at least 4 members (excludes halogenated alkanes) is 2. The van der Waals surface area contributed by atoms with Crippen LogP contribution in [-0.2, 0) is 21.6 Å². The molecule has 7 aromatic rings. The van der Waals surface area contributed by atoms with E-state index in [1.54, 1.807) is 49.6 Å². The van der Waals surface area contributed by atoms with Crippen molar-refractivity contribution in [1.29, 1.82) is 5.26 Å². The van der Waals surface area contributed by atoms with Crippen molar-refractivity contribution >= 4 is 60.6 Å². The van der Waals surface area contributed by atoms with E-state index in [4.69, 9.17) is 15.7 Å². The van der Waals surface area contributed by atoms with Crippen molar-refractivity contribution in [3.05, 3.63) is 116 Å². The van der Waals surface area contributed by atoms with Crippen LogP contribution in [0.5, 0.6) is 0 Å². The van der Waals surface area contributed by atoms with Gasteiger partial charge in [-0.2, -0.15) is 5.26 Å². The smallest absolute Gasteiger partial charge is 0.870 e. The van der Waals surface area contributed by atoms with E-state index in [-0.39, 0.29) is 56.9 Å². The van der Waals surface area contributed by atoms with Gasteiger partial charge < -0.3 is 11.2 Å². The average Bonchev–Trinajstić information content (AvgIpc) is 3.60. The molecule has 7 aromatic heterocycles. The predicted octanol–water partition coefficient (Wildman–Crippen LogP) is 6.41. The van der Waals surface area contributed by atoms with Gasteiger partial charge in [0.1, 0.15) is 20.1 Å². The molecular weight excluding hydrogens is 832 g/mol. The Bertz CT molecular complexity index is 2470. The third-order valence-electron chi connectivity index (χ3n) is 8.60. The SMILES string of the molecule is CCCCS(=O)CSc1nc(-c2cccnc2)cc(-c2ccncc2)c1C#N.CCCCS(=O)c1sc2nc(-c3cccnc3)cc(-c3ccncc3)c2c1N.[K+].[OH-]. The van der Waals surface area contributed by atoms with Crippen molar-refractivity contribution in [2.24, 2.45) is 0 Å². The quantitative estimate of drug-likeness (QED) is 0.0935. The van der Waals surface area contributed by atoms with Gasteiger partial charge in [-0.25, -0.2) is 9.97 Å². The van der Waals surface area contributed by atoms with Gasteiger partial charge in [-0.05, 0) is 90.2 Å². The fraction of sp³-hybridized carbons (Fsp3) is 0.214. The largest absolute Gasteiger partial charge is 1.00 e. The summed E-state index contributed by atoms with van der Waals surface area (Å²) in [4.78, 5) is 26.9. The number of aromatic nitrogens is 6. The van der Waals surface area contributed by atoms with Gasteiger partial charge >= 0.3 is 51.4 Å². The van der Waals surface area contributed by atoms with E-state index in [1.807, 2.05) is 60.7 Å². The zero-order valence-electron chi connectivity index (χ0n) is 32.4. The van der Waals surface area contributed by atoms with E-state index in [0.717, 1.165) is 84.9 Å². The van der Waals surface area contributed by atoms with E-state index < -0.39 is 21.6 Å². The third kappa shape index (κ3) is 12.0. The number of nitrogens with zero attached hydrogens (tertiary/aromatic N) is 7. The van der Waals surface area contributed by atoms with E-state index in [0.29, 0.717) is 32.9 Å². The number of pyridine rings is 6. The van der Waals surface area contributed by atoms with Gasteiger partial charge in [-0.1, -0.05) is 38.5 Å². The molecule has 3 N–H and O–H groups in total. The second-order valence-electron chi connectivity index (χ2n) is 12.5. The Balaban J connectivity index is 0.000000248. The predicted molar refractivity (Wildman–Crippen MR) is 233 cm³/mol. The van der Waals surface area contributed by atoms with Crippen LogP contribution in [-0.4, -0.2) is 60.4 Å². The minimum atomic E-state index is -1.11. The molecule has 0 aliphatic carbocycles. The van der Waals surface area contributed by atoms with Crippen molar-refractivity contribution < 1.29 is 65.3 Å². The van der Waals surface area contributed by atoms with Gasteiger partial charge in [-0.3, -0.25) is 28.4 Å². The molecule has 58 heavy (non-hydrogen) atoms. The Morgan fingerprint density at radius 3 is 1.84 bits per heavy atom. The van der Waals surface area contributed by atoms with E-state index >= 15 is 0 Å². The first-order valence-corrected chi connectivity index (χ1v) is 22.7. The molecule has 292 valence electrons. The van der Waals surface area contributed by atoms with Crippen molar-refractivity contribution in [2.45, 2.75) is 48.8 Å². The van der Waals surface area contributed by atoms with Gasteiger partial charge in [0.15, 0.2) is 0 Å². The molecule has 0 bridgehead atoms. The number of thioether (sulfide) groups is 1. The molecule has 0 saturated carbocycles. The Morgan fingerprint density at radius 2 is 1.29 bits per heavy atom. The first-order valence-electron chi connectivity index (χ1n) is 18.1. The number of nitrogens with two attached hydrogens (primary N) is 1. The molecule has 0 aliphatic heterocycles. The van der Waals surface area contributed by atoms with Gasteiger partial charge in [0.05, 0.1) is 38.5 Å². The summed E-state index contributed by atoms with van der Waals surface area (Å²) < 4.78 is 25.8. The zero-order valence-corrected chi connectivity index (χ0v) is 38.8. The molecule has 7 rings (SSSR count). The van der Waals surface area contributed by atoms with Crippen molar-refractivity contribution in [3.8, 4) is 50.8 Å². The van der Waals surface area contributed by atoms with Crippen LogP contribution < -0.4 is 57.1 Å². The van der Waals surface area contributed by atoms with E-state index in [2.05, 4.69) is 39.9 Å². The molecule has 0 saturated heterocycles. The summed E-state index contributed by atoms with van der Waals surface area (Å²) in [6.45, 7) is 4.17. The van der Waals surface area contributed by atoms with Crippen molar-refractivity contribution in [2.75, 3.05) is 22.3 Å². The molecule has 16 heteroatoms. The molecule has 0 radical (unpaired) electrons. The summed E-state index contributed by atoms with van der Waals surface area (Å²) >= 11 is 2.81. The Labute approximate surface area is 394 Å². The normalized spacial score (nSPS) is 11.6. The number of thiophene rings is 1. The maximum absolute atomic E-state index is 12.8. The maximum Gasteiger partial charge on any atom is 1.00 e. The summed E-state index contributed by atoms with van der Waals surface area (Å²) in [5, 5.41) is 11.7. The van der Waals surface area contributed by atoms with Crippen molar-refractivity contribution in [1.82, 2.24) is 29.9 Å². The van der Waals surface area contributed by atoms with Gasteiger partial charge in [0, 0.05) is 94.0 Å². The van der Waals surface area contributed by atoms with E-state index in [9.17, 15) is 13.7 Å². The standard InChI is InChI=1S/2C21H20N4OS2.K.H2O/c1-2-3-11-28(26)21-19(22)18-16(14-6-9-23-10-7-14)12-17(25-20(18)27-21)15-5-4-8-24-13-15;1-2-3-11-28(26)15-27-21-19(13-22)18(16-6-9-23-10-7-16)12-20(25-21)17-5-4-8-24-14-17;;/h4-10,12-13H,2-3,11,22H2,1H3;4-10,12,14H,2-3,11,15H2,1H3;;1H2/q;;+1;/p-1. The molecule has 0 fully saturated rings. The number of hydrogen-bond acceptors (Lipinski definition) is 13. The topological polar surface area (TPSA) is 191 Å². The summed E-state index contributed by atoms with van der Waals surface area (Å²) in [6, 6.07) is 21.5. The van der Waals surface area contributed by atoms with E-state index in [1.165, 1.54) is 23.1 Å². The molecule has 0 amide bonds. The van der Waals surface area contributed by atoms with Gasteiger partial charge in [0.25, 0.3) is 0 Å². The van der Waals surface area contributed by atoms with Gasteiger partial charge in [0.2, 0.25) is 0 Å². The number of fused-ring (bicyclic) bond motifs is 1. The van der Waals surface area contributed by atoms with Gasteiger partial charge in [-0.15, -0.1) is 11.3 Å². The second kappa shape index (κ2) is 23.9. The Morgan fingerprint density at radius 1 is 0.741 bits per heavy atom. The van der Waals surface area contributed by atoms with Crippen LogP contribution in [0.4, 0.5) is 5.69 Å². The maximum atomic E-state index is 12.8. The van der Waals surface area contributed by atoms with Crippen LogP contribution >= 0.6 is 23.1 Å². The first kappa shape index (κ1) is 47.1. The van der Waals surface area contributed by atoms with Crippen LogP contribution in [0.3, 0.4) is 0 Å². The molecule has 11 nitrogen and oxygen atoms in total. The Hall–Kier alpha value is -3.60. The monoisotopic (exact) mass is 872 g/mol. The number of rotatable bonds is 14. The summed E-state index contributed by atoms with van der Waals surface area (Å²) in [5.74, 6) is 1.29. The summed E-state index contributed by atoms with van der Waals surface area (Å²) in [7, 11) is -2.06. The molecule has 0 aliphatic rings. The average molecular weight is 873 g/mol. The van der Waals surface area contributed by atoms with Crippen molar-refractivity contribution in [3.63, 3.8) is 0 Å². The fourth-order valence-electron chi connectivity index (χ4n) is 5.70. The minimum absolute atomic E-state index is 0. The molecule has 2 unspecified atom stereocenters. The van der Waals surface area contributed by atoms with Crippen LogP contribution in [0, 0.1) is 11.3 Å². The first-order chi connectivity index (χ1) is 27.4. The third-order valence-corrected chi connectivity index (χ3v) is 14.4. The number of anilines is 1. The van der Waals surface area contributed by atoms with Crippen LogP contribution in [0.2, 0.25) is 0 Å². The number of nitrogen functional groups attached to an aromatic ring is 1. The fourth-order valence-corrected chi connectivity index (χ4v) is 11.0. The Kier molecular flexibility index (Phi) is 19.4. The van der Waals surface area contributed by atoms with Crippen LogP contribution in [0.25, 0.3) is 55.0 Å². The molecular formula is C42H41KN8O3S4. The zero-order chi connectivity index (χ0) is 39.3. The number of nitriles is 1. The molecule has 7 heterocycles. The molecule has 2 atom stereocenters.